The first-order chi connectivity index (χ1) is 10.5. The quantitative estimate of drug-likeness (QED) is 0.706. The maximum absolute atomic E-state index is 12.1. The van der Waals surface area contributed by atoms with Gasteiger partial charge in [0.05, 0.1) is 5.75 Å². The van der Waals surface area contributed by atoms with Gasteiger partial charge in [0.2, 0.25) is 10.0 Å². The van der Waals surface area contributed by atoms with E-state index in [1.54, 1.807) is 31.2 Å². The average molecular weight is 362 g/mol. The third-order valence-electron chi connectivity index (χ3n) is 3.77. The lowest BCUT2D eigenvalue weighted by molar-refractivity contribution is 0.0929. The van der Waals surface area contributed by atoms with Crippen molar-refractivity contribution in [2.24, 2.45) is 0 Å². The zero-order chi connectivity index (χ0) is 16.0. The smallest absolute Gasteiger partial charge is 0.251 e. The summed E-state index contributed by atoms with van der Waals surface area (Å²) in [7, 11) is -3.20. The topological polar surface area (TPSA) is 87.3 Å². The highest BCUT2D eigenvalue weighted by Gasteiger charge is 2.16. The Morgan fingerprint density at radius 3 is 2.39 bits per heavy atom. The summed E-state index contributed by atoms with van der Waals surface area (Å²) in [6, 6.07) is 7.23. The summed E-state index contributed by atoms with van der Waals surface area (Å²) in [6.45, 7) is 3.70. The number of rotatable bonds is 6. The van der Waals surface area contributed by atoms with Gasteiger partial charge in [-0.25, -0.2) is 13.1 Å². The van der Waals surface area contributed by atoms with Crippen molar-refractivity contribution >= 4 is 28.3 Å². The average Bonchev–Trinajstić information content (AvgIpc) is 2.54. The highest BCUT2D eigenvalue weighted by molar-refractivity contribution is 7.89. The van der Waals surface area contributed by atoms with E-state index in [4.69, 9.17) is 0 Å². The lowest BCUT2D eigenvalue weighted by atomic mass is 10.1. The van der Waals surface area contributed by atoms with Gasteiger partial charge in [0.25, 0.3) is 5.91 Å². The first kappa shape index (κ1) is 19.9. The molecule has 0 atom stereocenters. The number of carbonyl (C=O) groups is 1. The second kappa shape index (κ2) is 9.22. The Bertz CT molecular complexity index is 599. The van der Waals surface area contributed by atoms with Crippen LogP contribution < -0.4 is 15.4 Å². The van der Waals surface area contributed by atoms with Gasteiger partial charge >= 0.3 is 0 Å². The normalized spacial score (nSPS) is 15.7. The monoisotopic (exact) mass is 361 g/mol. The van der Waals surface area contributed by atoms with Gasteiger partial charge in [0, 0.05) is 18.2 Å². The van der Waals surface area contributed by atoms with Crippen molar-refractivity contribution in [1.82, 2.24) is 15.4 Å². The largest absolute Gasteiger partial charge is 0.349 e. The van der Waals surface area contributed by atoms with E-state index >= 15 is 0 Å². The van der Waals surface area contributed by atoms with Crippen molar-refractivity contribution in [1.29, 1.82) is 0 Å². The van der Waals surface area contributed by atoms with Crippen molar-refractivity contribution in [3.05, 3.63) is 35.4 Å². The van der Waals surface area contributed by atoms with E-state index in [0.717, 1.165) is 31.5 Å². The molecule has 0 saturated carbocycles. The molecule has 0 radical (unpaired) electrons. The Morgan fingerprint density at radius 2 is 1.83 bits per heavy atom. The molecule has 0 aliphatic carbocycles. The van der Waals surface area contributed by atoms with Crippen LogP contribution in [0.5, 0.6) is 0 Å². The van der Waals surface area contributed by atoms with Gasteiger partial charge in [0.1, 0.15) is 0 Å². The molecule has 1 saturated heterocycles. The molecule has 23 heavy (non-hydrogen) atoms. The Hall–Kier alpha value is -1.15. The van der Waals surface area contributed by atoms with Gasteiger partial charge in [-0.15, -0.1) is 12.4 Å². The molecule has 2 rings (SSSR count). The minimum atomic E-state index is -3.20. The van der Waals surface area contributed by atoms with Crippen LogP contribution >= 0.6 is 12.4 Å². The van der Waals surface area contributed by atoms with Crippen LogP contribution in [0, 0.1) is 0 Å². The maximum Gasteiger partial charge on any atom is 0.251 e. The third kappa shape index (κ3) is 6.47. The van der Waals surface area contributed by atoms with Crippen LogP contribution in [0.4, 0.5) is 0 Å². The van der Waals surface area contributed by atoms with E-state index in [1.807, 2.05) is 0 Å². The standard InChI is InChI=1S/C15H23N3O3S.ClH/c1-2-22(20,21)17-11-12-3-5-13(6-4-12)15(19)18-14-7-9-16-10-8-14;/h3-6,14,16-17H,2,7-11H2,1H3,(H,18,19);1H. The molecule has 0 spiro atoms. The highest BCUT2D eigenvalue weighted by atomic mass is 35.5. The number of benzene rings is 1. The first-order valence-corrected chi connectivity index (χ1v) is 9.23. The van der Waals surface area contributed by atoms with E-state index in [0.29, 0.717) is 5.56 Å². The fourth-order valence-electron chi connectivity index (χ4n) is 2.30. The van der Waals surface area contributed by atoms with Crippen LogP contribution in [-0.2, 0) is 16.6 Å². The molecule has 130 valence electrons. The predicted molar refractivity (Wildman–Crippen MR) is 93.3 cm³/mol. The molecule has 0 aromatic heterocycles. The van der Waals surface area contributed by atoms with Gasteiger partial charge in [-0.05, 0) is 50.6 Å². The molecule has 8 heteroatoms. The Morgan fingerprint density at radius 1 is 1.22 bits per heavy atom. The van der Waals surface area contributed by atoms with Gasteiger partial charge < -0.3 is 10.6 Å². The van der Waals surface area contributed by atoms with Crippen molar-refractivity contribution < 1.29 is 13.2 Å². The Kier molecular flexibility index (Phi) is 7.98. The highest BCUT2D eigenvalue weighted by Crippen LogP contribution is 2.08. The van der Waals surface area contributed by atoms with Crippen LogP contribution in [0.15, 0.2) is 24.3 Å². The molecule has 1 aromatic rings. The molecule has 0 bridgehead atoms. The number of nitrogens with one attached hydrogen (secondary N) is 3. The van der Waals surface area contributed by atoms with Gasteiger partial charge in [-0.3, -0.25) is 4.79 Å². The van der Waals surface area contributed by atoms with Crippen molar-refractivity contribution in [3.63, 3.8) is 0 Å². The van der Waals surface area contributed by atoms with Gasteiger partial charge in [-0.1, -0.05) is 12.1 Å². The summed E-state index contributed by atoms with van der Waals surface area (Å²) < 4.78 is 25.3. The molecule has 1 aromatic carbocycles. The molecule has 1 aliphatic heterocycles. The van der Waals surface area contributed by atoms with E-state index in [9.17, 15) is 13.2 Å². The zero-order valence-corrected chi connectivity index (χ0v) is 14.8. The second-order valence-corrected chi connectivity index (χ2v) is 7.51. The van der Waals surface area contributed by atoms with E-state index in [2.05, 4.69) is 15.4 Å². The summed E-state index contributed by atoms with van der Waals surface area (Å²) in [5.41, 5.74) is 1.43. The molecule has 6 nitrogen and oxygen atoms in total. The van der Waals surface area contributed by atoms with Crippen molar-refractivity contribution in [3.8, 4) is 0 Å². The lowest BCUT2D eigenvalue weighted by Crippen LogP contribution is -2.42. The summed E-state index contributed by atoms with van der Waals surface area (Å²) >= 11 is 0. The summed E-state index contributed by atoms with van der Waals surface area (Å²) in [6.07, 6.45) is 1.89. The number of sulfonamides is 1. The third-order valence-corrected chi connectivity index (χ3v) is 5.11. The zero-order valence-electron chi connectivity index (χ0n) is 13.2. The van der Waals surface area contributed by atoms with Crippen LogP contribution in [0.1, 0.15) is 35.7 Å². The summed E-state index contributed by atoms with van der Waals surface area (Å²) in [5, 5.41) is 6.29. The van der Waals surface area contributed by atoms with Crippen LogP contribution in [0.2, 0.25) is 0 Å². The molecule has 0 unspecified atom stereocenters. The number of amides is 1. The minimum absolute atomic E-state index is 0. The number of halogens is 1. The maximum atomic E-state index is 12.1. The molecule has 1 heterocycles. The van der Waals surface area contributed by atoms with Crippen molar-refractivity contribution in [2.45, 2.75) is 32.4 Å². The summed E-state index contributed by atoms with van der Waals surface area (Å²) in [5.74, 6) is -0.0170. The van der Waals surface area contributed by atoms with E-state index in [-0.39, 0.29) is 36.7 Å². The SMILES string of the molecule is CCS(=O)(=O)NCc1ccc(C(=O)NC2CCNCC2)cc1.Cl. The Labute approximate surface area is 143 Å². The molecule has 1 amide bonds. The molecule has 3 N–H and O–H groups in total. The second-order valence-electron chi connectivity index (χ2n) is 5.42. The van der Waals surface area contributed by atoms with Crippen molar-refractivity contribution in [2.75, 3.05) is 18.8 Å². The number of hydrogen-bond acceptors (Lipinski definition) is 4. The fourth-order valence-corrected chi connectivity index (χ4v) is 2.90. The molecular formula is C15H24ClN3O3S. The fraction of sp³-hybridized carbons (Fsp3) is 0.533. The number of piperidine rings is 1. The lowest BCUT2D eigenvalue weighted by Gasteiger charge is -2.23. The number of carbonyl (C=O) groups excluding carboxylic acids is 1. The predicted octanol–water partition coefficient (Wildman–Crippen LogP) is 1.03. The minimum Gasteiger partial charge on any atom is -0.349 e. The van der Waals surface area contributed by atoms with E-state index in [1.165, 1.54) is 0 Å². The molecule has 1 fully saturated rings. The molecule has 1 aliphatic rings. The molecular weight excluding hydrogens is 338 g/mol. The first-order valence-electron chi connectivity index (χ1n) is 7.58. The van der Waals surface area contributed by atoms with Crippen LogP contribution in [-0.4, -0.2) is 39.2 Å². The van der Waals surface area contributed by atoms with Crippen LogP contribution in [0.3, 0.4) is 0 Å². The number of hydrogen-bond donors (Lipinski definition) is 3. The van der Waals surface area contributed by atoms with E-state index < -0.39 is 10.0 Å². The van der Waals surface area contributed by atoms with Gasteiger partial charge in [0.15, 0.2) is 0 Å². The van der Waals surface area contributed by atoms with Gasteiger partial charge in [-0.2, -0.15) is 0 Å². The Balaban J connectivity index is 0.00000264. The summed E-state index contributed by atoms with van der Waals surface area (Å²) in [4.78, 5) is 12.1. The van der Waals surface area contributed by atoms with Crippen LogP contribution in [0.25, 0.3) is 0 Å².